The number of hydrogen-bond acceptors (Lipinski definition) is 2. The molecule has 0 bridgehead atoms. The van der Waals surface area contributed by atoms with Crippen molar-refractivity contribution in [3.05, 3.63) is 34.9 Å². The van der Waals surface area contributed by atoms with Crippen molar-refractivity contribution < 1.29 is 19.8 Å². The molecule has 0 amide bonds. The summed E-state index contributed by atoms with van der Waals surface area (Å²) in [5, 5.41) is 17.3. The highest BCUT2D eigenvalue weighted by molar-refractivity contribution is 5.94. The second kappa shape index (κ2) is 9.91. The number of carbonyl (C=O) groups is 2. The number of terminal acetylenes is 1. The molecule has 0 aliphatic carbocycles. The molecule has 0 spiro atoms. The standard InChI is InChI=1S/C10H6O4.2C2H6/c1-2-6-3-7(9(11)12)5-8(4-6)10(13)14;2*1-2/h1,3-5H,(H,11,12)(H,13,14);2*1-2H3. The molecule has 18 heavy (non-hydrogen) atoms. The molecule has 0 aromatic heterocycles. The van der Waals surface area contributed by atoms with E-state index in [1.54, 1.807) is 0 Å². The molecule has 0 radical (unpaired) electrons. The summed E-state index contributed by atoms with van der Waals surface area (Å²) in [6.45, 7) is 8.00. The number of aromatic carboxylic acids is 2. The second-order valence-electron chi connectivity index (χ2n) is 2.55. The van der Waals surface area contributed by atoms with E-state index in [0.29, 0.717) is 0 Å². The molecule has 0 aliphatic heterocycles. The largest absolute Gasteiger partial charge is 0.478 e. The molecule has 2 N–H and O–H groups in total. The first-order chi connectivity index (χ1) is 8.54. The predicted molar refractivity (Wildman–Crippen MR) is 71.0 cm³/mol. The Bertz CT molecular complexity index is 409. The van der Waals surface area contributed by atoms with Crippen molar-refractivity contribution >= 4 is 11.9 Å². The maximum Gasteiger partial charge on any atom is 0.335 e. The first-order valence-corrected chi connectivity index (χ1v) is 5.63. The van der Waals surface area contributed by atoms with Crippen LogP contribution in [-0.4, -0.2) is 22.2 Å². The number of carboxylic acids is 2. The van der Waals surface area contributed by atoms with E-state index in [-0.39, 0.29) is 16.7 Å². The Hall–Kier alpha value is -2.28. The van der Waals surface area contributed by atoms with Crippen molar-refractivity contribution in [1.29, 1.82) is 0 Å². The monoisotopic (exact) mass is 250 g/mol. The minimum Gasteiger partial charge on any atom is -0.478 e. The third-order valence-electron chi connectivity index (χ3n) is 1.59. The van der Waals surface area contributed by atoms with E-state index in [0.717, 1.165) is 6.07 Å². The van der Waals surface area contributed by atoms with Crippen LogP contribution >= 0.6 is 0 Å². The molecular weight excluding hydrogens is 232 g/mol. The van der Waals surface area contributed by atoms with Gasteiger partial charge < -0.3 is 10.2 Å². The van der Waals surface area contributed by atoms with E-state index in [1.807, 2.05) is 27.7 Å². The fourth-order valence-corrected chi connectivity index (χ4v) is 0.958. The van der Waals surface area contributed by atoms with Crippen LogP contribution in [0.1, 0.15) is 54.0 Å². The van der Waals surface area contributed by atoms with Crippen molar-refractivity contribution in [2.24, 2.45) is 0 Å². The molecule has 0 atom stereocenters. The molecule has 0 aliphatic rings. The fourth-order valence-electron chi connectivity index (χ4n) is 0.958. The van der Waals surface area contributed by atoms with Crippen LogP contribution in [0.2, 0.25) is 0 Å². The van der Waals surface area contributed by atoms with Gasteiger partial charge in [-0.15, -0.1) is 6.42 Å². The van der Waals surface area contributed by atoms with E-state index in [9.17, 15) is 9.59 Å². The van der Waals surface area contributed by atoms with Crippen molar-refractivity contribution in [3.63, 3.8) is 0 Å². The van der Waals surface area contributed by atoms with Crippen LogP contribution in [0.25, 0.3) is 0 Å². The zero-order valence-electron chi connectivity index (χ0n) is 11.0. The zero-order chi connectivity index (χ0) is 14.7. The van der Waals surface area contributed by atoms with Crippen LogP contribution in [0.3, 0.4) is 0 Å². The predicted octanol–water partition coefficient (Wildman–Crippen LogP) is 3.12. The Kier molecular flexibility index (Phi) is 9.96. The van der Waals surface area contributed by atoms with E-state index in [1.165, 1.54) is 12.1 Å². The lowest BCUT2D eigenvalue weighted by Crippen LogP contribution is -2.03. The Labute approximate surface area is 107 Å². The minimum absolute atomic E-state index is 0.127. The topological polar surface area (TPSA) is 74.6 Å². The van der Waals surface area contributed by atoms with E-state index >= 15 is 0 Å². The molecule has 1 rings (SSSR count). The molecule has 4 heteroatoms. The van der Waals surface area contributed by atoms with Gasteiger partial charge in [-0.25, -0.2) is 9.59 Å². The molecule has 0 unspecified atom stereocenters. The van der Waals surface area contributed by atoms with Crippen molar-refractivity contribution in [1.82, 2.24) is 0 Å². The van der Waals surface area contributed by atoms with Gasteiger partial charge in [0.25, 0.3) is 0 Å². The lowest BCUT2D eigenvalue weighted by Gasteiger charge is -1.99. The van der Waals surface area contributed by atoms with Crippen LogP contribution < -0.4 is 0 Å². The summed E-state index contributed by atoms with van der Waals surface area (Å²) in [5.41, 5.74) is -0.0157. The number of rotatable bonds is 2. The molecule has 1 aromatic carbocycles. The summed E-state index contributed by atoms with van der Waals surface area (Å²) in [6.07, 6.45) is 5.05. The van der Waals surface area contributed by atoms with E-state index < -0.39 is 11.9 Å². The van der Waals surface area contributed by atoms with Gasteiger partial charge in [0.15, 0.2) is 0 Å². The molecule has 4 nitrogen and oxygen atoms in total. The highest BCUT2D eigenvalue weighted by Crippen LogP contribution is 2.09. The van der Waals surface area contributed by atoms with Crippen molar-refractivity contribution in [2.75, 3.05) is 0 Å². The average molecular weight is 250 g/mol. The van der Waals surface area contributed by atoms with E-state index in [2.05, 4.69) is 5.92 Å². The molecule has 0 saturated heterocycles. The molecular formula is C14H18O4. The Morgan fingerprint density at radius 2 is 1.28 bits per heavy atom. The smallest absolute Gasteiger partial charge is 0.335 e. The summed E-state index contributed by atoms with van der Waals surface area (Å²) in [5.74, 6) is -0.217. The number of benzene rings is 1. The van der Waals surface area contributed by atoms with Gasteiger partial charge in [0, 0.05) is 5.56 Å². The molecule has 1 aromatic rings. The van der Waals surface area contributed by atoms with Gasteiger partial charge in [0.1, 0.15) is 0 Å². The van der Waals surface area contributed by atoms with Crippen molar-refractivity contribution in [3.8, 4) is 12.3 Å². The molecule has 98 valence electrons. The third kappa shape index (κ3) is 5.71. The maximum absolute atomic E-state index is 10.6. The summed E-state index contributed by atoms with van der Waals surface area (Å²) < 4.78 is 0. The third-order valence-corrected chi connectivity index (χ3v) is 1.59. The first-order valence-electron chi connectivity index (χ1n) is 5.63. The minimum atomic E-state index is -1.20. The van der Waals surface area contributed by atoms with Gasteiger partial charge in [0.05, 0.1) is 11.1 Å². The summed E-state index contributed by atoms with van der Waals surface area (Å²) in [4.78, 5) is 21.2. The lowest BCUT2D eigenvalue weighted by molar-refractivity contribution is 0.0696. The summed E-state index contributed by atoms with van der Waals surface area (Å²) in [7, 11) is 0. The Balaban J connectivity index is 0. The second-order valence-corrected chi connectivity index (χ2v) is 2.55. The van der Waals surface area contributed by atoms with Crippen LogP contribution in [0.15, 0.2) is 18.2 Å². The highest BCUT2D eigenvalue weighted by Gasteiger charge is 2.10. The highest BCUT2D eigenvalue weighted by atomic mass is 16.4. The van der Waals surface area contributed by atoms with Gasteiger partial charge in [-0.1, -0.05) is 33.6 Å². The summed E-state index contributed by atoms with van der Waals surface area (Å²) in [6, 6.07) is 3.55. The molecule has 0 fully saturated rings. The van der Waals surface area contributed by atoms with Crippen LogP contribution in [-0.2, 0) is 0 Å². The van der Waals surface area contributed by atoms with Gasteiger partial charge in [-0.3, -0.25) is 0 Å². The van der Waals surface area contributed by atoms with E-state index in [4.69, 9.17) is 16.6 Å². The molecule has 0 saturated carbocycles. The van der Waals surface area contributed by atoms with Gasteiger partial charge >= 0.3 is 11.9 Å². The Morgan fingerprint density at radius 3 is 1.50 bits per heavy atom. The fraction of sp³-hybridized carbons (Fsp3) is 0.286. The van der Waals surface area contributed by atoms with Crippen LogP contribution in [0, 0.1) is 12.3 Å². The number of carboxylic acid groups (broad SMARTS) is 2. The summed E-state index contributed by atoms with van der Waals surface area (Å²) >= 11 is 0. The quantitative estimate of drug-likeness (QED) is 0.791. The van der Waals surface area contributed by atoms with Gasteiger partial charge in [0.2, 0.25) is 0 Å². The van der Waals surface area contributed by atoms with Crippen LogP contribution in [0.4, 0.5) is 0 Å². The SMILES string of the molecule is C#Cc1cc(C(=O)O)cc(C(=O)O)c1.CC.CC. The van der Waals surface area contributed by atoms with Gasteiger partial charge in [-0.2, -0.15) is 0 Å². The molecule has 0 heterocycles. The Morgan fingerprint density at radius 1 is 0.944 bits per heavy atom. The zero-order valence-corrected chi connectivity index (χ0v) is 11.0. The van der Waals surface area contributed by atoms with Crippen LogP contribution in [0.5, 0.6) is 0 Å². The first kappa shape index (κ1) is 18.1. The number of hydrogen-bond donors (Lipinski definition) is 2. The lowest BCUT2D eigenvalue weighted by atomic mass is 10.1. The maximum atomic E-state index is 10.6. The average Bonchev–Trinajstić information content (AvgIpc) is 2.42. The normalized spacial score (nSPS) is 7.72. The van der Waals surface area contributed by atoms with Crippen molar-refractivity contribution in [2.45, 2.75) is 27.7 Å². The van der Waals surface area contributed by atoms with Gasteiger partial charge in [-0.05, 0) is 18.2 Å².